The molecule has 0 bridgehead atoms. The van der Waals surface area contributed by atoms with Gasteiger partial charge in [0.05, 0.1) is 10.4 Å². The smallest absolute Gasteiger partial charge is 0.0931 e. The molecule has 0 fully saturated rings. The van der Waals surface area contributed by atoms with Crippen LogP contribution in [0.15, 0.2) is 34.8 Å². The molecule has 1 aromatic carbocycles. The topological polar surface area (TPSA) is 12.0 Å². The second-order valence-electron chi connectivity index (χ2n) is 4.14. The van der Waals surface area contributed by atoms with E-state index in [1.54, 1.807) is 11.3 Å². The van der Waals surface area contributed by atoms with Gasteiger partial charge in [-0.3, -0.25) is 0 Å². The van der Waals surface area contributed by atoms with Crippen LogP contribution in [0, 0.1) is 6.92 Å². The van der Waals surface area contributed by atoms with Crippen LogP contribution in [0.5, 0.6) is 0 Å². The summed E-state index contributed by atoms with van der Waals surface area (Å²) in [7, 11) is 0. The Morgan fingerprint density at radius 2 is 2.11 bits per heavy atom. The zero-order valence-electron chi connectivity index (χ0n) is 10.3. The predicted molar refractivity (Wildman–Crippen MR) is 83.7 cm³/mol. The second-order valence-corrected chi connectivity index (χ2v) is 6.74. The summed E-state index contributed by atoms with van der Waals surface area (Å²) in [5.41, 5.74) is 2.52. The molecule has 0 aliphatic carbocycles. The molecule has 96 valence electrons. The molecule has 0 amide bonds. The van der Waals surface area contributed by atoms with E-state index in [-0.39, 0.29) is 6.04 Å². The van der Waals surface area contributed by atoms with Gasteiger partial charge in [-0.1, -0.05) is 46.6 Å². The maximum atomic E-state index is 6.03. The maximum absolute atomic E-state index is 6.03. The van der Waals surface area contributed by atoms with Crippen molar-refractivity contribution in [2.45, 2.75) is 19.9 Å². The van der Waals surface area contributed by atoms with Crippen molar-refractivity contribution in [3.05, 3.63) is 55.1 Å². The minimum atomic E-state index is 0.222. The predicted octanol–water partition coefficient (Wildman–Crippen LogP) is 5.17. The molecule has 0 saturated heterocycles. The summed E-state index contributed by atoms with van der Waals surface area (Å²) in [6, 6.07) is 10.7. The van der Waals surface area contributed by atoms with Gasteiger partial charge in [-0.2, -0.15) is 0 Å². The van der Waals surface area contributed by atoms with Crippen molar-refractivity contribution < 1.29 is 0 Å². The van der Waals surface area contributed by atoms with E-state index < -0.39 is 0 Å². The summed E-state index contributed by atoms with van der Waals surface area (Å²) in [6.07, 6.45) is 0. The Bertz CT molecular complexity index is 538. The summed E-state index contributed by atoms with van der Waals surface area (Å²) in [4.78, 5) is 1.25. The third kappa shape index (κ3) is 3.15. The first kappa shape index (κ1) is 14.1. The maximum Gasteiger partial charge on any atom is 0.0931 e. The molecule has 2 aromatic rings. The third-order valence-corrected chi connectivity index (χ3v) is 4.99. The molecule has 1 nitrogen and oxygen atoms in total. The van der Waals surface area contributed by atoms with E-state index in [0.29, 0.717) is 0 Å². The average Bonchev–Trinajstić information content (AvgIpc) is 2.76. The lowest BCUT2D eigenvalue weighted by Crippen LogP contribution is -2.21. The molecule has 1 N–H and O–H groups in total. The SMILES string of the molecule is CCNC(c1ccc(Br)c(C)c1)c1ccc(Cl)s1. The highest BCUT2D eigenvalue weighted by Crippen LogP contribution is 2.32. The van der Waals surface area contributed by atoms with E-state index in [1.165, 1.54) is 16.0 Å². The highest BCUT2D eigenvalue weighted by atomic mass is 79.9. The van der Waals surface area contributed by atoms with Crippen LogP contribution in [-0.4, -0.2) is 6.54 Å². The highest BCUT2D eigenvalue weighted by molar-refractivity contribution is 9.10. The van der Waals surface area contributed by atoms with E-state index >= 15 is 0 Å². The number of benzene rings is 1. The Labute approximate surface area is 125 Å². The number of halogens is 2. The van der Waals surface area contributed by atoms with Crippen LogP contribution in [0.25, 0.3) is 0 Å². The van der Waals surface area contributed by atoms with Gasteiger partial charge < -0.3 is 5.32 Å². The lowest BCUT2D eigenvalue weighted by Gasteiger charge is -2.17. The summed E-state index contributed by atoms with van der Waals surface area (Å²) in [5, 5.41) is 3.51. The zero-order valence-corrected chi connectivity index (χ0v) is 13.5. The first-order valence-electron chi connectivity index (χ1n) is 5.86. The Morgan fingerprint density at radius 3 is 2.67 bits per heavy atom. The van der Waals surface area contributed by atoms with Crippen molar-refractivity contribution in [2.75, 3.05) is 6.54 Å². The van der Waals surface area contributed by atoms with E-state index in [2.05, 4.69) is 59.4 Å². The van der Waals surface area contributed by atoms with Gasteiger partial charge in [0.25, 0.3) is 0 Å². The Kier molecular flexibility index (Phi) is 4.84. The van der Waals surface area contributed by atoms with Gasteiger partial charge >= 0.3 is 0 Å². The van der Waals surface area contributed by atoms with Gasteiger partial charge in [0.15, 0.2) is 0 Å². The first-order chi connectivity index (χ1) is 8.61. The van der Waals surface area contributed by atoms with E-state index in [4.69, 9.17) is 11.6 Å². The molecule has 1 heterocycles. The van der Waals surface area contributed by atoms with Crippen LogP contribution < -0.4 is 5.32 Å². The molecular formula is C14H15BrClNS. The first-order valence-corrected chi connectivity index (χ1v) is 7.85. The average molecular weight is 345 g/mol. The van der Waals surface area contributed by atoms with E-state index in [9.17, 15) is 0 Å². The molecule has 0 spiro atoms. The number of nitrogens with one attached hydrogen (secondary N) is 1. The van der Waals surface area contributed by atoms with Gasteiger partial charge in [-0.05, 0) is 42.8 Å². The third-order valence-electron chi connectivity index (χ3n) is 2.80. The summed E-state index contributed by atoms with van der Waals surface area (Å²) in [6.45, 7) is 5.15. The fourth-order valence-electron chi connectivity index (χ4n) is 1.92. The van der Waals surface area contributed by atoms with Crippen molar-refractivity contribution in [2.24, 2.45) is 0 Å². The quantitative estimate of drug-likeness (QED) is 0.806. The van der Waals surface area contributed by atoms with Crippen molar-refractivity contribution in [3.63, 3.8) is 0 Å². The molecule has 1 aromatic heterocycles. The molecule has 0 aliphatic heterocycles. The second kappa shape index (κ2) is 6.20. The van der Waals surface area contributed by atoms with Gasteiger partial charge in [-0.25, -0.2) is 0 Å². The fraction of sp³-hybridized carbons (Fsp3) is 0.286. The Balaban J connectivity index is 2.37. The van der Waals surface area contributed by atoms with Crippen LogP contribution in [0.4, 0.5) is 0 Å². The molecule has 1 atom stereocenters. The number of hydrogen-bond donors (Lipinski definition) is 1. The summed E-state index contributed by atoms with van der Waals surface area (Å²) < 4.78 is 1.98. The van der Waals surface area contributed by atoms with Crippen molar-refractivity contribution in [1.82, 2.24) is 5.32 Å². The highest BCUT2D eigenvalue weighted by Gasteiger charge is 2.15. The lowest BCUT2D eigenvalue weighted by molar-refractivity contribution is 0.639. The minimum absolute atomic E-state index is 0.222. The zero-order chi connectivity index (χ0) is 13.1. The van der Waals surface area contributed by atoms with Crippen molar-refractivity contribution in [3.8, 4) is 0 Å². The number of thiophene rings is 1. The minimum Gasteiger partial charge on any atom is -0.306 e. The van der Waals surface area contributed by atoms with Crippen molar-refractivity contribution >= 4 is 38.9 Å². The van der Waals surface area contributed by atoms with Crippen LogP contribution >= 0.6 is 38.9 Å². The largest absolute Gasteiger partial charge is 0.306 e. The van der Waals surface area contributed by atoms with Crippen LogP contribution in [0.2, 0.25) is 4.34 Å². The Morgan fingerprint density at radius 1 is 1.33 bits per heavy atom. The molecular weight excluding hydrogens is 330 g/mol. The molecule has 1 unspecified atom stereocenters. The number of rotatable bonds is 4. The van der Waals surface area contributed by atoms with Crippen LogP contribution in [0.3, 0.4) is 0 Å². The standard InChI is InChI=1S/C14H15BrClNS/c1-3-17-14(12-6-7-13(16)18-12)10-4-5-11(15)9(2)8-10/h4-8,14,17H,3H2,1-2H3. The molecule has 0 saturated carbocycles. The lowest BCUT2D eigenvalue weighted by atomic mass is 10.0. The van der Waals surface area contributed by atoms with Gasteiger partial charge in [0.1, 0.15) is 0 Å². The summed E-state index contributed by atoms with van der Waals surface area (Å²) >= 11 is 11.2. The number of aryl methyl sites for hydroxylation is 1. The van der Waals surface area contributed by atoms with Crippen molar-refractivity contribution in [1.29, 1.82) is 0 Å². The van der Waals surface area contributed by atoms with Gasteiger partial charge in [0.2, 0.25) is 0 Å². The van der Waals surface area contributed by atoms with E-state index in [1.807, 2.05) is 6.07 Å². The fourth-order valence-corrected chi connectivity index (χ4v) is 3.33. The van der Waals surface area contributed by atoms with Gasteiger partial charge in [-0.15, -0.1) is 11.3 Å². The molecule has 4 heteroatoms. The van der Waals surface area contributed by atoms with Gasteiger partial charge in [0, 0.05) is 9.35 Å². The van der Waals surface area contributed by atoms with E-state index in [0.717, 1.165) is 15.4 Å². The monoisotopic (exact) mass is 343 g/mol. The molecule has 18 heavy (non-hydrogen) atoms. The molecule has 0 radical (unpaired) electrons. The summed E-state index contributed by atoms with van der Waals surface area (Å²) in [5.74, 6) is 0. The molecule has 0 aliphatic rings. The Hall–Kier alpha value is -0.350. The van der Waals surface area contributed by atoms with Crippen LogP contribution in [0.1, 0.15) is 29.0 Å². The van der Waals surface area contributed by atoms with Crippen LogP contribution in [-0.2, 0) is 0 Å². The normalized spacial score (nSPS) is 12.7. The molecule has 2 rings (SSSR count). The number of hydrogen-bond acceptors (Lipinski definition) is 2.